The minimum Gasteiger partial charge on any atom is -0.355 e. The van der Waals surface area contributed by atoms with Crippen molar-refractivity contribution in [2.45, 2.75) is 44.2 Å². The molecule has 2 aliphatic rings. The zero-order chi connectivity index (χ0) is 19.2. The molecule has 0 aliphatic carbocycles. The van der Waals surface area contributed by atoms with Crippen LogP contribution in [-0.4, -0.2) is 70.2 Å². The maximum Gasteiger partial charge on any atom is 0.193 e. The van der Waals surface area contributed by atoms with Crippen LogP contribution in [0.3, 0.4) is 0 Å². The van der Waals surface area contributed by atoms with Gasteiger partial charge < -0.3 is 10.2 Å². The van der Waals surface area contributed by atoms with E-state index in [1.54, 1.807) is 6.33 Å². The number of rotatable bonds is 5. The lowest BCUT2D eigenvalue weighted by molar-refractivity contribution is 0.240. The van der Waals surface area contributed by atoms with E-state index in [1.807, 2.05) is 7.05 Å². The summed E-state index contributed by atoms with van der Waals surface area (Å²) in [5.74, 6) is 2.53. The van der Waals surface area contributed by atoms with Crippen LogP contribution in [0, 0.1) is 0 Å². The fourth-order valence-electron chi connectivity index (χ4n) is 4.47. The third-order valence-electron chi connectivity index (χ3n) is 6.05. The molecular weight excluding hydrogens is 350 g/mol. The van der Waals surface area contributed by atoms with Crippen molar-refractivity contribution in [3.8, 4) is 0 Å². The minimum atomic E-state index is 0.480. The maximum atomic E-state index is 4.55. The van der Waals surface area contributed by atoms with Gasteiger partial charge in [-0.2, -0.15) is 5.10 Å². The van der Waals surface area contributed by atoms with Crippen molar-refractivity contribution in [1.29, 1.82) is 0 Å². The van der Waals surface area contributed by atoms with E-state index in [4.69, 9.17) is 0 Å². The fraction of sp³-hybridized carbons (Fsp3) is 0.571. The molecule has 7 heteroatoms. The predicted molar refractivity (Wildman–Crippen MR) is 111 cm³/mol. The molecule has 28 heavy (non-hydrogen) atoms. The summed E-state index contributed by atoms with van der Waals surface area (Å²) in [7, 11) is 1.89. The van der Waals surface area contributed by atoms with Gasteiger partial charge in [0.2, 0.25) is 0 Å². The number of hydrogen-bond donors (Lipinski definition) is 2. The smallest absolute Gasteiger partial charge is 0.193 e. The van der Waals surface area contributed by atoms with E-state index in [-0.39, 0.29) is 0 Å². The molecule has 2 fully saturated rings. The molecule has 1 aromatic carbocycles. The number of benzene rings is 1. The quantitative estimate of drug-likeness (QED) is 0.614. The Labute approximate surface area is 167 Å². The van der Waals surface area contributed by atoms with Crippen LogP contribution >= 0.6 is 0 Å². The molecule has 1 atom stereocenters. The van der Waals surface area contributed by atoms with Crippen LogP contribution in [0.2, 0.25) is 0 Å². The molecule has 2 saturated heterocycles. The van der Waals surface area contributed by atoms with E-state index in [9.17, 15) is 0 Å². The molecule has 2 N–H and O–H groups in total. The second-order valence-corrected chi connectivity index (χ2v) is 7.81. The van der Waals surface area contributed by atoms with Gasteiger partial charge in [0.15, 0.2) is 5.96 Å². The number of hydrogen-bond acceptors (Lipinski definition) is 4. The van der Waals surface area contributed by atoms with Crippen LogP contribution in [0.5, 0.6) is 0 Å². The van der Waals surface area contributed by atoms with Gasteiger partial charge in [-0.05, 0) is 37.8 Å². The van der Waals surface area contributed by atoms with Gasteiger partial charge in [-0.1, -0.05) is 30.3 Å². The highest BCUT2D eigenvalue weighted by molar-refractivity contribution is 5.80. The Hall–Kier alpha value is -2.41. The Morgan fingerprint density at radius 3 is 2.71 bits per heavy atom. The van der Waals surface area contributed by atoms with E-state index in [1.165, 1.54) is 24.9 Å². The van der Waals surface area contributed by atoms with Crippen molar-refractivity contribution in [2.24, 2.45) is 4.99 Å². The van der Waals surface area contributed by atoms with Crippen molar-refractivity contribution < 1.29 is 0 Å². The minimum absolute atomic E-state index is 0.480. The summed E-state index contributed by atoms with van der Waals surface area (Å²) in [4.78, 5) is 13.9. The number of aliphatic imine (C=N–C) groups is 1. The molecule has 1 unspecified atom stereocenters. The van der Waals surface area contributed by atoms with E-state index in [2.05, 4.69) is 65.6 Å². The first kappa shape index (κ1) is 18.9. The zero-order valence-corrected chi connectivity index (χ0v) is 16.7. The van der Waals surface area contributed by atoms with E-state index in [0.29, 0.717) is 12.0 Å². The highest BCUT2D eigenvalue weighted by Crippen LogP contribution is 2.25. The summed E-state index contributed by atoms with van der Waals surface area (Å²) in [5.41, 5.74) is 1.40. The number of guanidine groups is 1. The van der Waals surface area contributed by atoms with Gasteiger partial charge in [0, 0.05) is 45.2 Å². The Bertz CT molecular complexity index is 735. The Morgan fingerprint density at radius 2 is 2.00 bits per heavy atom. The summed E-state index contributed by atoms with van der Waals surface area (Å²) in [6.45, 7) is 5.19. The van der Waals surface area contributed by atoms with Gasteiger partial charge in [-0.3, -0.25) is 15.0 Å². The van der Waals surface area contributed by atoms with Crippen molar-refractivity contribution in [2.75, 3.05) is 33.2 Å². The Morgan fingerprint density at radius 1 is 1.18 bits per heavy atom. The summed E-state index contributed by atoms with van der Waals surface area (Å²) in [6.07, 6.45) is 6.30. The van der Waals surface area contributed by atoms with Crippen LogP contribution in [0.1, 0.15) is 43.0 Å². The first-order valence-corrected chi connectivity index (χ1v) is 10.4. The SMILES string of the molecule is CN=C(NCC1CCCN1Cc1ccccc1)N1CCC(c2ncn[nH]2)CC1. The third-order valence-corrected chi connectivity index (χ3v) is 6.05. The Kier molecular flexibility index (Phi) is 6.21. The number of H-pyrrole nitrogens is 1. The van der Waals surface area contributed by atoms with E-state index < -0.39 is 0 Å². The van der Waals surface area contributed by atoms with Gasteiger partial charge >= 0.3 is 0 Å². The van der Waals surface area contributed by atoms with Gasteiger partial charge in [-0.15, -0.1) is 0 Å². The summed E-state index contributed by atoms with van der Waals surface area (Å²) in [6, 6.07) is 11.4. The van der Waals surface area contributed by atoms with Crippen LogP contribution < -0.4 is 5.32 Å². The standard InChI is InChI=1S/C21H31N7/c1-22-21(27-12-9-18(10-13-27)20-24-16-25-26-20)23-14-19-8-5-11-28(19)15-17-6-3-2-4-7-17/h2-4,6-7,16,18-19H,5,8-15H2,1H3,(H,22,23)(H,24,25,26). The second-order valence-electron chi connectivity index (χ2n) is 7.81. The molecular formula is C21H31N7. The van der Waals surface area contributed by atoms with Crippen molar-refractivity contribution in [1.82, 2.24) is 30.3 Å². The van der Waals surface area contributed by atoms with E-state index >= 15 is 0 Å². The number of likely N-dealkylation sites (tertiary alicyclic amines) is 2. The third kappa shape index (κ3) is 4.52. The van der Waals surface area contributed by atoms with Crippen molar-refractivity contribution >= 4 is 5.96 Å². The van der Waals surface area contributed by atoms with Gasteiger partial charge in [0.25, 0.3) is 0 Å². The molecule has 2 aliphatic heterocycles. The summed E-state index contributed by atoms with van der Waals surface area (Å²) >= 11 is 0. The van der Waals surface area contributed by atoms with Gasteiger partial charge in [-0.25, -0.2) is 4.98 Å². The molecule has 3 heterocycles. The molecule has 150 valence electrons. The summed E-state index contributed by atoms with van der Waals surface area (Å²) < 4.78 is 0. The molecule has 0 amide bonds. The normalized spacial score (nSPS) is 22.0. The lowest BCUT2D eigenvalue weighted by Gasteiger charge is -2.34. The fourth-order valence-corrected chi connectivity index (χ4v) is 4.47. The molecule has 0 radical (unpaired) electrons. The van der Waals surface area contributed by atoms with Crippen LogP contribution in [0.25, 0.3) is 0 Å². The Balaban J connectivity index is 1.27. The molecule has 4 rings (SSSR count). The number of aromatic amines is 1. The van der Waals surface area contributed by atoms with Crippen molar-refractivity contribution in [3.63, 3.8) is 0 Å². The predicted octanol–water partition coefficient (Wildman–Crippen LogP) is 2.22. The molecule has 0 saturated carbocycles. The lowest BCUT2D eigenvalue weighted by atomic mass is 9.96. The van der Waals surface area contributed by atoms with Crippen LogP contribution in [-0.2, 0) is 6.54 Å². The van der Waals surface area contributed by atoms with Crippen LogP contribution in [0.15, 0.2) is 41.7 Å². The molecule has 2 aromatic rings. The highest BCUT2D eigenvalue weighted by Gasteiger charge is 2.27. The van der Waals surface area contributed by atoms with Gasteiger partial charge in [0.1, 0.15) is 12.2 Å². The largest absolute Gasteiger partial charge is 0.355 e. The van der Waals surface area contributed by atoms with Crippen molar-refractivity contribution in [3.05, 3.63) is 48.0 Å². The lowest BCUT2D eigenvalue weighted by Crippen LogP contribution is -2.48. The molecule has 1 aromatic heterocycles. The molecule has 0 bridgehead atoms. The first-order chi connectivity index (χ1) is 13.8. The average molecular weight is 382 g/mol. The molecule has 0 spiro atoms. The number of nitrogens with zero attached hydrogens (tertiary/aromatic N) is 5. The summed E-state index contributed by atoms with van der Waals surface area (Å²) in [5, 5.41) is 10.7. The van der Waals surface area contributed by atoms with Crippen LogP contribution in [0.4, 0.5) is 0 Å². The second kappa shape index (κ2) is 9.19. The number of nitrogens with one attached hydrogen (secondary N) is 2. The van der Waals surface area contributed by atoms with Gasteiger partial charge in [0.05, 0.1) is 0 Å². The number of piperidine rings is 1. The van der Waals surface area contributed by atoms with E-state index in [0.717, 1.165) is 50.8 Å². The maximum absolute atomic E-state index is 4.55. The average Bonchev–Trinajstić information content (AvgIpc) is 3.42. The highest BCUT2D eigenvalue weighted by atomic mass is 15.3. The zero-order valence-electron chi connectivity index (χ0n) is 16.7. The number of aromatic nitrogens is 3. The monoisotopic (exact) mass is 381 g/mol. The first-order valence-electron chi connectivity index (χ1n) is 10.4. The molecule has 7 nitrogen and oxygen atoms in total. The topological polar surface area (TPSA) is 72.4 Å².